The number of likely N-dealkylation sites (tertiary alicyclic amines) is 1. The van der Waals surface area contributed by atoms with Gasteiger partial charge in [0.1, 0.15) is 5.54 Å². The summed E-state index contributed by atoms with van der Waals surface area (Å²) in [6.45, 7) is 9.87. The molecule has 1 unspecified atom stereocenters. The number of nitrogens with zero attached hydrogens (tertiary/aromatic N) is 1. The van der Waals surface area contributed by atoms with Crippen LogP contribution in [0.3, 0.4) is 0 Å². The molecular weight excluding hydrogens is 226 g/mol. The number of piperidine rings is 1. The molecule has 1 heterocycles. The van der Waals surface area contributed by atoms with Crippen LogP contribution in [0.25, 0.3) is 0 Å². The summed E-state index contributed by atoms with van der Waals surface area (Å²) in [7, 11) is 0. The zero-order chi connectivity index (χ0) is 13.6. The van der Waals surface area contributed by atoms with Crippen LogP contribution < -0.4 is 11.1 Å². The molecule has 1 aliphatic rings. The maximum atomic E-state index is 11.6. The van der Waals surface area contributed by atoms with Crippen molar-refractivity contribution in [2.45, 2.75) is 52.0 Å². The van der Waals surface area contributed by atoms with E-state index in [1.807, 2.05) is 13.8 Å². The Labute approximate surface area is 111 Å². The maximum Gasteiger partial charge on any atom is 0.238 e. The van der Waals surface area contributed by atoms with E-state index < -0.39 is 5.54 Å². The smallest absolute Gasteiger partial charge is 0.238 e. The zero-order valence-electron chi connectivity index (χ0n) is 12.2. The van der Waals surface area contributed by atoms with Crippen molar-refractivity contribution in [3.05, 3.63) is 0 Å². The minimum absolute atomic E-state index is 0.250. The molecule has 4 nitrogen and oxygen atoms in total. The highest BCUT2D eigenvalue weighted by Crippen LogP contribution is 2.22. The Bertz CT molecular complexity index is 262. The molecule has 1 saturated heterocycles. The van der Waals surface area contributed by atoms with Gasteiger partial charge in [-0.05, 0) is 45.3 Å². The predicted molar refractivity (Wildman–Crippen MR) is 75.3 cm³/mol. The molecule has 4 heteroatoms. The molecule has 0 aromatic rings. The lowest BCUT2D eigenvalue weighted by Gasteiger charge is -2.38. The fourth-order valence-electron chi connectivity index (χ4n) is 2.90. The second-order valence-corrected chi connectivity index (χ2v) is 5.73. The van der Waals surface area contributed by atoms with Crippen molar-refractivity contribution < 1.29 is 4.79 Å². The first-order valence-corrected chi connectivity index (χ1v) is 7.29. The molecule has 0 radical (unpaired) electrons. The van der Waals surface area contributed by atoms with Crippen LogP contribution in [0.2, 0.25) is 0 Å². The number of carbonyl (C=O) groups excluding carboxylic acids is 1. The summed E-state index contributed by atoms with van der Waals surface area (Å²) in [5.74, 6) is 0.630. The van der Waals surface area contributed by atoms with Gasteiger partial charge in [-0.3, -0.25) is 4.79 Å². The Kier molecular flexibility index (Phi) is 6.09. The number of rotatable bonds is 7. The summed E-state index contributed by atoms with van der Waals surface area (Å²) < 4.78 is 0. The maximum absolute atomic E-state index is 11.6. The van der Waals surface area contributed by atoms with Crippen LogP contribution in [0, 0.1) is 5.92 Å². The molecule has 0 aromatic heterocycles. The van der Waals surface area contributed by atoms with Gasteiger partial charge in [0.2, 0.25) is 5.91 Å². The van der Waals surface area contributed by atoms with Crippen LogP contribution in [0.4, 0.5) is 0 Å². The van der Waals surface area contributed by atoms with E-state index in [-0.39, 0.29) is 5.91 Å². The Morgan fingerprint density at radius 3 is 2.44 bits per heavy atom. The molecule has 106 valence electrons. The van der Waals surface area contributed by atoms with Crippen molar-refractivity contribution in [3.63, 3.8) is 0 Å². The monoisotopic (exact) mass is 255 g/mol. The third-order valence-corrected chi connectivity index (χ3v) is 4.05. The molecule has 18 heavy (non-hydrogen) atoms. The van der Waals surface area contributed by atoms with Gasteiger partial charge in [-0.1, -0.05) is 26.7 Å². The Morgan fingerprint density at radius 2 is 2.00 bits per heavy atom. The molecule has 1 fully saturated rings. The average molecular weight is 255 g/mol. The SMILES string of the molecule is CCCC1CCN(CC(C)(NCC)C(N)=O)CC1. The molecule has 1 aliphatic heterocycles. The summed E-state index contributed by atoms with van der Waals surface area (Å²) in [6.07, 6.45) is 5.14. The minimum atomic E-state index is -0.591. The second-order valence-electron chi connectivity index (χ2n) is 5.73. The topological polar surface area (TPSA) is 58.4 Å². The third kappa shape index (κ3) is 4.25. The highest BCUT2D eigenvalue weighted by atomic mass is 16.1. The molecule has 3 N–H and O–H groups in total. The molecular formula is C14H29N3O. The van der Waals surface area contributed by atoms with Crippen molar-refractivity contribution in [3.8, 4) is 0 Å². The lowest BCUT2D eigenvalue weighted by molar-refractivity contribution is -0.124. The van der Waals surface area contributed by atoms with Gasteiger partial charge in [0, 0.05) is 6.54 Å². The van der Waals surface area contributed by atoms with Gasteiger partial charge in [0.05, 0.1) is 0 Å². The van der Waals surface area contributed by atoms with E-state index >= 15 is 0 Å². The van der Waals surface area contributed by atoms with E-state index in [0.717, 1.165) is 32.1 Å². The average Bonchev–Trinajstić information content (AvgIpc) is 2.32. The van der Waals surface area contributed by atoms with Crippen molar-refractivity contribution >= 4 is 5.91 Å². The molecule has 0 aromatic carbocycles. The summed E-state index contributed by atoms with van der Waals surface area (Å²) in [4.78, 5) is 14.0. The van der Waals surface area contributed by atoms with Crippen molar-refractivity contribution in [2.24, 2.45) is 11.7 Å². The summed E-state index contributed by atoms with van der Waals surface area (Å²) in [5.41, 5.74) is 4.93. The third-order valence-electron chi connectivity index (χ3n) is 4.05. The molecule has 0 bridgehead atoms. The van der Waals surface area contributed by atoms with Crippen LogP contribution in [-0.2, 0) is 4.79 Å². The first-order chi connectivity index (χ1) is 8.51. The Hall–Kier alpha value is -0.610. The van der Waals surface area contributed by atoms with E-state index in [0.29, 0.717) is 0 Å². The summed E-state index contributed by atoms with van der Waals surface area (Å²) in [6, 6.07) is 0. The first-order valence-electron chi connectivity index (χ1n) is 7.29. The van der Waals surface area contributed by atoms with Crippen molar-refractivity contribution in [1.82, 2.24) is 10.2 Å². The van der Waals surface area contributed by atoms with Gasteiger partial charge >= 0.3 is 0 Å². The quantitative estimate of drug-likeness (QED) is 0.722. The highest BCUT2D eigenvalue weighted by Gasteiger charge is 2.33. The van der Waals surface area contributed by atoms with Gasteiger partial charge < -0.3 is 16.0 Å². The van der Waals surface area contributed by atoms with Crippen molar-refractivity contribution in [2.75, 3.05) is 26.2 Å². The minimum Gasteiger partial charge on any atom is -0.368 e. The van der Waals surface area contributed by atoms with Gasteiger partial charge in [0.25, 0.3) is 0 Å². The van der Waals surface area contributed by atoms with Gasteiger partial charge in [-0.15, -0.1) is 0 Å². The van der Waals surface area contributed by atoms with Gasteiger partial charge in [0.15, 0.2) is 0 Å². The summed E-state index contributed by atoms with van der Waals surface area (Å²) in [5, 5.41) is 3.23. The Balaban J connectivity index is 2.45. The van der Waals surface area contributed by atoms with E-state index in [4.69, 9.17) is 5.73 Å². The van der Waals surface area contributed by atoms with E-state index in [9.17, 15) is 4.79 Å². The molecule has 1 atom stereocenters. The van der Waals surface area contributed by atoms with Crippen LogP contribution in [0.1, 0.15) is 46.5 Å². The lowest BCUT2D eigenvalue weighted by atomic mass is 9.91. The summed E-state index contributed by atoms with van der Waals surface area (Å²) >= 11 is 0. The normalized spacial score (nSPS) is 21.7. The fourth-order valence-corrected chi connectivity index (χ4v) is 2.90. The van der Waals surface area contributed by atoms with Crippen LogP contribution in [-0.4, -0.2) is 42.5 Å². The van der Waals surface area contributed by atoms with Crippen LogP contribution in [0.5, 0.6) is 0 Å². The van der Waals surface area contributed by atoms with Crippen LogP contribution >= 0.6 is 0 Å². The lowest BCUT2D eigenvalue weighted by Crippen LogP contribution is -2.60. The number of likely N-dealkylation sites (N-methyl/N-ethyl adjacent to an activating group) is 1. The number of nitrogens with two attached hydrogens (primary N) is 1. The standard InChI is InChI=1S/C14H29N3O/c1-4-6-12-7-9-17(10-8-12)11-14(3,13(15)18)16-5-2/h12,16H,4-11H2,1-3H3,(H2,15,18). The number of amides is 1. The van der Waals surface area contributed by atoms with Crippen molar-refractivity contribution in [1.29, 1.82) is 0 Å². The van der Waals surface area contributed by atoms with E-state index in [1.54, 1.807) is 0 Å². The number of primary amides is 1. The number of nitrogens with one attached hydrogen (secondary N) is 1. The van der Waals surface area contributed by atoms with Gasteiger partial charge in [-0.25, -0.2) is 0 Å². The zero-order valence-corrected chi connectivity index (χ0v) is 12.2. The Morgan fingerprint density at radius 1 is 1.39 bits per heavy atom. The first kappa shape index (κ1) is 15.4. The molecule has 0 spiro atoms. The highest BCUT2D eigenvalue weighted by molar-refractivity contribution is 5.84. The largest absolute Gasteiger partial charge is 0.368 e. The number of hydrogen-bond donors (Lipinski definition) is 2. The second kappa shape index (κ2) is 7.10. The molecule has 1 amide bonds. The van der Waals surface area contributed by atoms with Gasteiger partial charge in [-0.2, -0.15) is 0 Å². The fraction of sp³-hybridized carbons (Fsp3) is 0.929. The molecule has 0 saturated carbocycles. The molecule has 0 aliphatic carbocycles. The molecule has 1 rings (SSSR count). The van der Waals surface area contributed by atoms with E-state index in [1.165, 1.54) is 25.7 Å². The van der Waals surface area contributed by atoms with Crippen LogP contribution in [0.15, 0.2) is 0 Å². The number of carbonyl (C=O) groups is 1. The predicted octanol–water partition coefficient (Wildman–Crippen LogP) is 1.35. The number of hydrogen-bond acceptors (Lipinski definition) is 3. The van der Waals surface area contributed by atoms with E-state index in [2.05, 4.69) is 17.1 Å².